The summed E-state index contributed by atoms with van der Waals surface area (Å²) in [6, 6.07) is 6.37. The Balaban J connectivity index is 2.48. The van der Waals surface area contributed by atoms with E-state index in [0.29, 0.717) is 12.1 Å². The molecule has 6 N–H and O–H groups in total. The first kappa shape index (κ1) is 12.1. The molecule has 0 aliphatic rings. The predicted molar refractivity (Wildman–Crippen MR) is 63.4 cm³/mol. The lowest BCUT2D eigenvalue weighted by Gasteiger charge is -2.01. The fraction of sp³-hybridized carbons (Fsp3) is 0.167. The SMILES string of the molecule is NC(N)=C/C=C(\N)CCc1ccc(F)cc1. The number of hydrogen-bond acceptors (Lipinski definition) is 3. The second kappa shape index (κ2) is 5.80. The maximum absolute atomic E-state index is 12.6. The van der Waals surface area contributed by atoms with Crippen molar-refractivity contribution in [1.82, 2.24) is 0 Å². The van der Waals surface area contributed by atoms with Crippen molar-refractivity contribution >= 4 is 0 Å². The number of rotatable bonds is 4. The summed E-state index contributed by atoms with van der Waals surface area (Å²) in [5.74, 6) is -0.00386. The first-order chi connectivity index (χ1) is 7.58. The monoisotopic (exact) mass is 221 g/mol. The molecule has 1 rings (SSSR count). The molecule has 0 amide bonds. The molecule has 86 valence electrons. The molecule has 1 aromatic rings. The first-order valence-corrected chi connectivity index (χ1v) is 4.99. The van der Waals surface area contributed by atoms with Crippen LogP contribution in [0.4, 0.5) is 4.39 Å². The third kappa shape index (κ3) is 4.50. The van der Waals surface area contributed by atoms with Gasteiger partial charge in [0, 0.05) is 5.70 Å². The Labute approximate surface area is 94.4 Å². The molecule has 0 aliphatic heterocycles. The molecule has 0 unspecified atom stereocenters. The van der Waals surface area contributed by atoms with Crippen molar-refractivity contribution in [3.05, 3.63) is 59.3 Å². The van der Waals surface area contributed by atoms with E-state index in [0.717, 1.165) is 12.0 Å². The highest BCUT2D eigenvalue weighted by Gasteiger charge is 1.95. The van der Waals surface area contributed by atoms with Gasteiger partial charge >= 0.3 is 0 Å². The van der Waals surface area contributed by atoms with Gasteiger partial charge in [0.1, 0.15) is 5.82 Å². The van der Waals surface area contributed by atoms with E-state index in [2.05, 4.69) is 0 Å². The Morgan fingerprint density at radius 1 is 1.06 bits per heavy atom. The molecule has 0 heterocycles. The standard InChI is InChI=1S/C12H16FN3/c13-10-4-1-9(2-5-10)3-6-11(14)7-8-12(15)16/h1-2,4-5,7-8H,3,6,14-16H2/b11-7-. The average molecular weight is 221 g/mol. The van der Waals surface area contributed by atoms with Crippen molar-refractivity contribution < 1.29 is 4.39 Å². The van der Waals surface area contributed by atoms with E-state index in [-0.39, 0.29) is 11.6 Å². The highest BCUT2D eigenvalue weighted by atomic mass is 19.1. The highest BCUT2D eigenvalue weighted by Crippen LogP contribution is 2.07. The molecular weight excluding hydrogens is 205 g/mol. The topological polar surface area (TPSA) is 78.1 Å². The molecule has 0 aromatic heterocycles. The Bertz CT molecular complexity index is 389. The van der Waals surface area contributed by atoms with E-state index >= 15 is 0 Å². The number of hydrogen-bond donors (Lipinski definition) is 3. The highest BCUT2D eigenvalue weighted by molar-refractivity contribution is 5.19. The van der Waals surface area contributed by atoms with E-state index in [1.54, 1.807) is 24.3 Å². The number of halogens is 1. The molecule has 0 atom stereocenters. The Morgan fingerprint density at radius 3 is 2.25 bits per heavy atom. The minimum absolute atomic E-state index is 0.227. The van der Waals surface area contributed by atoms with Gasteiger partial charge < -0.3 is 17.2 Å². The molecule has 0 saturated heterocycles. The lowest BCUT2D eigenvalue weighted by Crippen LogP contribution is -2.07. The van der Waals surface area contributed by atoms with Crippen LogP contribution in [0.1, 0.15) is 12.0 Å². The van der Waals surface area contributed by atoms with Gasteiger partial charge in [-0.3, -0.25) is 0 Å². The zero-order chi connectivity index (χ0) is 12.0. The van der Waals surface area contributed by atoms with Gasteiger partial charge in [-0.25, -0.2) is 4.39 Å². The van der Waals surface area contributed by atoms with Gasteiger partial charge in [-0.05, 0) is 42.7 Å². The maximum Gasteiger partial charge on any atom is 0.123 e. The molecule has 4 heteroatoms. The molecule has 1 aromatic carbocycles. The third-order valence-corrected chi connectivity index (χ3v) is 2.11. The quantitative estimate of drug-likeness (QED) is 0.672. The largest absolute Gasteiger partial charge is 0.402 e. The van der Waals surface area contributed by atoms with Crippen molar-refractivity contribution in [2.24, 2.45) is 17.2 Å². The van der Waals surface area contributed by atoms with E-state index in [1.807, 2.05) is 0 Å². The molecule has 0 aliphatic carbocycles. The van der Waals surface area contributed by atoms with Crippen LogP contribution in [0, 0.1) is 5.82 Å². The van der Waals surface area contributed by atoms with Crippen LogP contribution in [0.25, 0.3) is 0 Å². The summed E-state index contributed by atoms with van der Waals surface area (Å²) in [4.78, 5) is 0. The minimum Gasteiger partial charge on any atom is -0.402 e. The molecule has 16 heavy (non-hydrogen) atoms. The third-order valence-electron chi connectivity index (χ3n) is 2.11. The van der Waals surface area contributed by atoms with Gasteiger partial charge in [0.05, 0.1) is 5.82 Å². The van der Waals surface area contributed by atoms with Crippen LogP contribution in [0.2, 0.25) is 0 Å². The summed E-state index contributed by atoms with van der Waals surface area (Å²) in [6.07, 6.45) is 4.69. The second-order valence-electron chi connectivity index (χ2n) is 3.53. The van der Waals surface area contributed by atoms with Crippen molar-refractivity contribution in [1.29, 1.82) is 0 Å². The summed E-state index contributed by atoms with van der Waals surface area (Å²) in [5.41, 5.74) is 18.0. The normalized spacial score (nSPS) is 11.2. The summed E-state index contributed by atoms with van der Waals surface area (Å²) in [6.45, 7) is 0. The van der Waals surface area contributed by atoms with Crippen LogP contribution in [0.3, 0.4) is 0 Å². The van der Waals surface area contributed by atoms with Crippen molar-refractivity contribution in [2.45, 2.75) is 12.8 Å². The number of aryl methyl sites for hydroxylation is 1. The summed E-state index contributed by atoms with van der Waals surface area (Å²) < 4.78 is 12.6. The summed E-state index contributed by atoms with van der Waals surface area (Å²) >= 11 is 0. The van der Waals surface area contributed by atoms with E-state index in [9.17, 15) is 4.39 Å². The van der Waals surface area contributed by atoms with Crippen LogP contribution in [0.5, 0.6) is 0 Å². The lowest BCUT2D eigenvalue weighted by atomic mass is 10.1. The predicted octanol–water partition coefficient (Wildman–Crippen LogP) is 1.36. The van der Waals surface area contributed by atoms with Crippen LogP contribution < -0.4 is 17.2 Å². The maximum atomic E-state index is 12.6. The smallest absolute Gasteiger partial charge is 0.123 e. The molecule has 0 fully saturated rings. The first-order valence-electron chi connectivity index (χ1n) is 4.99. The van der Waals surface area contributed by atoms with Crippen molar-refractivity contribution in [3.8, 4) is 0 Å². The Kier molecular flexibility index (Phi) is 4.39. The van der Waals surface area contributed by atoms with E-state index in [4.69, 9.17) is 17.2 Å². The van der Waals surface area contributed by atoms with E-state index < -0.39 is 0 Å². The Hall–Kier alpha value is -1.97. The number of allylic oxidation sites excluding steroid dienone is 3. The zero-order valence-electron chi connectivity index (χ0n) is 8.99. The van der Waals surface area contributed by atoms with Gasteiger partial charge in [-0.15, -0.1) is 0 Å². The molecular formula is C12H16FN3. The van der Waals surface area contributed by atoms with Gasteiger partial charge in [-0.2, -0.15) is 0 Å². The van der Waals surface area contributed by atoms with E-state index in [1.165, 1.54) is 12.1 Å². The van der Waals surface area contributed by atoms with Gasteiger partial charge in [-0.1, -0.05) is 12.1 Å². The van der Waals surface area contributed by atoms with Gasteiger partial charge in [0.2, 0.25) is 0 Å². The Morgan fingerprint density at radius 2 is 1.69 bits per heavy atom. The fourth-order valence-electron chi connectivity index (χ4n) is 1.23. The molecule has 3 nitrogen and oxygen atoms in total. The van der Waals surface area contributed by atoms with Gasteiger partial charge in [0.15, 0.2) is 0 Å². The number of benzene rings is 1. The fourth-order valence-corrected chi connectivity index (χ4v) is 1.23. The minimum atomic E-state index is -0.230. The van der Waals surface area contributed by atoms with Crippen molar-refractivity contribution in [2.75, 3.05) is 0 Å². The summed E-state index contributed by atoms with van der Waals surface area (Å²) in [7, 11) is 0. The van der Waals surface area contributed by atoms with Crippen molar-refractivity contribution in [3.63, 3.8) is 0 Å². The lowest BCUT2D eigenvalue weighted by molar-refractivity contribution is 0.627. The molecule has 0 bridgehead atoms. The number of nitrogens with two attached hydrogens (primary N) is 3. The summed E-state index contributed by atoms with van der Waals surface area (Å²) in [5, 5.41) is 0. The molecule has 0 radical (unpaired) electrons. The van der Waals surface area contributed by atoms with Gasteiger partial charge in [0.25, 0.3) is 0 Å². The molecule has 0 saturated carbocycles. The zero-order valence-corrected chi connectivity index (χ0v) is 8.99. The molecule has 0 spiro atoms. The average Bonchev–Trinajstić information content (AvgIpc) is 2.25. The second-order valence-corrected chi connectivity index (χ2v) is 3.53. The van der Waals surface area contributed by atoms with Crippen LogP contribution in [-0.2, 0) is 6.42 Å². The van der Waals surface area contributed by atoms with Crippen LogP contribution in [-0.4, -0.2) is 0 Å². The van der Waals surface area contributed by atoms with Crippen LogP contribution >= 0.6 is 0 Å². The van der Waals surface area contributed by atoms with Crippen LogP contribution in [0.15, 0.2) is 47.9 Å².